The lowest BCUT2D eigenvalue weighted by atomic mass is 9.97. The Balaban J connectivity index is 2.40. The van der Waals surface area contributed by atoms with Crippen LogP contribution >= 0.6 is 0 Å². The van der Waals surface area contributed by atoms with E-state index in [0.29, 0.717) is 6.04 Å². The fraction of sp³-hybridized carbons (Fsp3) is 0.933. The quantitative estimate of drug-likeness (QED) is 0.761. The van der Waals surface area contributed by atoms with Crippen LogP contribution < -0.4 is 5.32 Å². The van der Waals surface area contributed by atoms with E-state index >= 15 is 0 Å². The normalized spacial score (nSPS) is 24.1. The van der Waals surface area contributed by atoms with E-state index in [9.17, 15) is 5.26 Å². The molecule has 4 nitrogen and oxygen atoms in total. The molecular formula is C15H30N4. The van der Waals surface area contributed by atoms with Crippen LogP contribution in [0.1, 0.15) is 39.5 Å². The molecule has 110 valence electrons. The Bertz CT molecular complexity index is 297. The molecule has 1 heterocycles. The van der Waals surface area contributed by atoms with E-state index in [1.165, 1.54) is 19.4 Å². The fourth-order valence-corrected chi connectivity index (χ4v) is 2.62. The molecule has 0 aromatic rings. The maximum atomic E-state index is 9.34. The third-order valence-corrected chi connectivity index (χ3v) is 4.15. The van der Waals surface area contributed by atoms with Gasteiger partial charge in [-0.1, -0.05) is 6.92 Å². The molecule has 0 radical (unpaired) electrons. The van der Waals surface area contributed by atoms with Gasteiger partial charge in [-0.25, -0.2) is 0 Å². The van der Waals surface area contributed by atoms with Gasteiger partial charge in [-0.2, -0.15) is 5.26 Å². The van der Waals surface area contributed by atoms with Gasteiger partial charge in [0, 0.05) is 19.1 Å². The number of likely N-dealkylation sites (N-methyl/N-ethyl adjacent to an activating group) is 1. The van der Waals surface area contributed by atoms with Crippen LogP contribution in [0.25, 0.3) is 0 Å². The number of hydrogen-bond acceptors (Lipinski definition) is 4. The van der Waals surface area contributed by atoms with Gasteiger partial charge in [0.2, 0.25) is 0 Å². The molecule has 2 atom stereocenters. The third-order valence-electron chi connectivity index (χ3n) is 4.15. The summed E-state index contributed by atoms with van der Waals surface area (Å²) < 4.78 is 0. The zero-order valence-corrected chi connectivity index (χ0v) is 13.1. The summed E-state index contributed by atoms with van der Waals surface area (Å²) in [4.78, 5) is 4.84. The van der Waals surface area contributed by atoms with Crippen LogP contribution in [0.5, 0.6) is 0 Å². The Morgan fingerprint density at radius 2 is 2.21 bits per heavy atom. The molecule has 1 aliphatic rings. The van der Waals surface area contributed by atoms with E-state index in [1.807, 2.05) is 6.92 Å². The summed E-state index contributed by atoms with van der Waals surface area (Å²) in [6, 6.07) is 3.11. The Kier molecular flexibility index (Phi) is 6.78. The molecule has 0 aromatic carbocycles. The summed E-state index contributed by atoms with van der Waals surface area (Å²) in [5.41, 5.74) is -0.374. The van der Waals surface area contributed by atoms with Crippen molar-refractivity contribution in [1.82, 2.24) is 15.1 Å². The molecule has 0 aromatic heterocycles. The second kappa shape index (κ2) is 7.84. The van der Waals surface area contributed by atoms with E-state index in [4.69, 9.17) is 0 Å². The smallest absolute Gasteiger partial charge is 0.105 e. The summed E-state index contributed by atoms with van der Waals surface area (Å²) in [5, 5.41) is 12.7. The number of hydrogen-bond donors (Lipinski definition) is 1. The minimum absolute atomic E-state index is 0.374. The second-order valence-corrected chi connectivity index (χ2v) is 6.18. The number of rotatable bonds is 7. The molecule has 2 unspecified atom stereocenters. The number of nitrogens with one attached hydrogen (secondary N) is 1. The lowest BCUT2D eigenvalue weighted by Crippen LogP contribution is -2.48. The van der Waals surface area contributed by atoms with Crippen LogP contribution in [0.4, 0.5) is 0 Å². The first kappa shape index (κ1) is 16.4. The number of likely N-dealkylation sites (tertiary alicyclic amines) is 1. The standard InChI is InChI=1S/C15H30N4/c1-5-9-17-15(2,13-16)8-11-19-10-6-7-14(12-19)18(3)4/h14,17H,5-12H2,1-4H3. The SMILES string of the molecule is CCCNC(C)(C#N)CCN1CCCC(N(C)C)C1. The fourth-order valence-electron chi connectivity index (χ4n) is 2.62. The van der Waals surface area contributed by atoms with Gasteiger partial charge < -0.3 is 9.80 Å². The Morgan fingerprint density at radius 1 is 1.47 bits per heavy atom. The van der Waals surface area contributed by atoms with Crippen LogP contribution in [0, 0.1) is 11.3 Å². The zero-order chi connectivity index (χ0) is 14.3. The maximum Gasteiger partial charge on any atom is 0.105 e. The van der Waals surface area contributed by atoms with Gasteiger partial charge in [0.15, 0.2) is 0 Å². The first-order valence-corrected chi connectivity index (χ1v) is 7.56. The van der Waals surface area contributed by atoms with Gasteiger partial charge in [0.1, 0.15) is 5.54 Å². The van der Waals surface area contributed by atoms with Gasteiger partial charge in [0.25, 0.3) is 0 Å². The van der Waals surface area contributed by atoms with Crippen molar-refractivity contribution in [2.75, 3.05) is 40.3 Å². The van der Waals surface area contributed by atoms with E-state index in [-0.39, 0.29) is 5.54 Å². The van der Waals surface area contributed by atoms with Crippen molar-refractivity contribution in [3.05, 3.63) is 0 Å². The van der Waals surface area contributed by atoms with Crippen molar-refractivity contribution < 1.29 is 0 Å². The Hall–Kier alpha value is -0.630. The summed E-state index contributed by atoms with van der Waals surface area (Å²) >= 11 is 0. The molecule has 4 heteroatoms. The van der Waals surface area contributed by atoms with Crippen LogP contribution in [-0.2, 0) is 0 Å². The molecule has 0 aliphatic carbocycles. The minimum Gasteiger partial charge on any atom is -0.305 e. The first-order chi connectivity index (χ1) is 9.00. The van der Waals surface area contributed by atoms with Crippen molar-refractivity contribution in [3.63, 3.8) is 0 Å². The Labute approximate surface area is 118 Å². The third kappa shape index (κ3) is 5.48. The highest BCUT2D eigenvalue weighted by molar-refractivity contribution is 5.04. The minimum atomic E-state index is -0.374. The molecule has 1 fully saturated rings. The molecular weight excluding hydrogens is 236 g/mol. The lowest BCUT2D eigenvalue weighted by Gasteiger charge is -2.37. The largest absolute Gasteiger partial charge is 0.305 e. The summed E-state index contributed by atoms with van der Waals surface area (Å²) in [6.07, 6.45) is 4.55. The highest BCUT2D eigenvalue weighted by Crippen LogP contribution is 2.16. The lowest BCUT2D eigenvalue weighted by molar-refractivity contribution is 0.126. The monoisotopic (exact) mass is 266 g/mol. The van der Waals surface area contributed by atoms with Crippen LogP contribution in [0.15, 0.2) is 0 Å². The summed E-state index contributed by atoms with van der Waals surface area (Å²) in [7, 11) is 4.33. The maximum absolute atomic E-state index is 9.34. The molecule has 1 rings (SSSR count). The predicted octanol–water partition coefficient (Wildman–Crippen LogP) is 1.68. The molecule has 1 N–H and O–H groups in total. The summed E-state index contributed by atoms with van der Waals surface area (Å²) in [6.45, 7) is 8.42. The highest BCUT2D eigenvalue weighted by Gasteiger charge is 2.26. The van der Waals surface area contributed by atoms with Crippen LogP contribution in [0.3, 0.4) is 0 Å². The van der Waals surface area contributed by atoms with Crippen molar-refractivity contribution >= 4 is 0 Å². The highest BCUT2D eigenvalue weighted by atomic mass is 15.2. The first-order valence-electron chi connectivity index (χ1n) is 7.56. The number of nitrogens with zero attached hydrogens (tertiary/aromatic N) is 3. The molecule has 1 aliphatic heterocycles. The van der Waals surface area contributed by atoms with Gasteiger partial charge in [-0.3, -0.25) is 5.32 Å². The van der Waals surface area contributed by atoms with Gasteiger partial charge in [-0.05, 0) is 59.8 Å². The molecule has 0 spiro atoms. The molecule has 0 saturated carbocycles. The van der Waals surface area contributed by atoms with Crippen molar-refractivity contribution in [2.24, 2.45) is 0 Å². The molecule has 0 amide bonds. The van der Waals surface area contributed by atoms with Crippen LogP contribution in [0.2, 0.25) is 0 Å². The Morgan fingerprint density at radius 3 is 2.79 bits per heavy atom. The van der Waals surface area contributed by atoms with Gasteiger partial charge in [0.05, 0.1) is 6.07 Å². The molecule has 0 bridgehead atoms. The molecule has 19 heavy (non-hydrogen) atoms. The molecule has 1 saturated heterocycles. The van der Waals surface area contributed by atoms with E-state index in [2.05, 4.69) is 42.2 Å². The zero-order valence-electron chi connectivity index (χ0n) is 13.1. The predicted molar refractivity (Wildman–Crippen MR) is 80.1 cm³/mol. The number of piperidine rings is 1. The average molecular weight is 266 g/mol. The van der Waals surface area contributed by atoms with Crippen molar-refractivity contribution in [1.29, 1.82) is 5.26 Å². The number of nitriles is 1. The summed E-state index contributed by atoms with van der Waals surface area (Å²) in [5.74, 6) is 0. The topological polar surface area (TPSA) is 42.3 Å². The second-order valence-electron chi connectivity index (χ2n) is 6.18. The van der Waals surface area contributed by atoms with Gasteiger partial charge in [-0.15, -0.1) is 0 Å². The van der Waals surface area contributed by atoms with Crippen molar-refractivity contribution in [3.8, 4) is 6.07 Å². The van der Waals surface area contributed by atoms with Crippen LogP contribution in [-0.4, -0.2) is 61.7 Å². The average Bonchev–Trinajstić information content (AvgIpc) is 2.43. The van der Waals surface area contributed by atoms with E-state index in [1.54, 1.807) is 0 Å². The van der Waals surface area contributed by atoms with Gasteiger partial charge >= 0.3 is 0 Å². The van der Waals surface area contributed by atoms with E-state index < -0.39 is 0 Å². The van der Waals surface area contributed by atoms with E-state index in [0.717, 1.165) is 32.5 Å². The van der Waals surface area contributed by atoms with Crippen molar-refractivity contribution in [2.45, 2.75) is 51.1 Å².